The maximum Gasteiger partial charge on any atom is 0.410 e. The molecule has 3 heterocycles. The lowest BCUT2D eigenvalue weighted by molar-refractivity contribution is -0.165. The Kier molecular flexibility index (Phi) is 9.52. The molecule has 1 saturated heterocycles. The molecule has 1 aliphatic carbocycles. The molecule has 1 saturated carbocycles. The molecule has 1 aromatic carbocycles. The van der Waals surface area contributed by atoms with Crippen LogP contribution in [0.3, 0.4) is 0 Å². The van der Waals surface area contributed by atoms with Gasteiger partial charge >= 0.3 is 12.1 Å². The summed E-state index contributed by atoms with van der Waals surface area (Å²) < 4.78 is 11.6. The molecule has 2 N–H and O–H groups in total. The van der Waals surface area contributed by atoms with Crippen molar-refractivity contribution in [1.29, 1.82) is 0 Å². The highest BCUT2D eigenvalue weighted by Gasteiger charge is 2.36. The number of rotatable bonds is 9. The quantitative estimate of drug-likeness (QED) is 0.267. The number of hydrogen-bond acceptors (Lipinski definition) is 9. The Morgan fingerprint density at radius 1 is 1.07 bits per heavy atom. The molecule has 2 fully saturated rings. The van der Waals surface area contributed by atoms with Gasteiger partial charge in [-0.3, -0.25) is 14.7 Å². The number of anilines is 2. The zero-order valence-electron chi connectivity index (χ0n) is 26.7. The van der Waals surface area contributed by atoms with E-state index in [1.807, 2.05) is 26.8 Å². The van der Waals surface area contributed by atoms with Crippen molar-refractivity contribution in [2.24, 2.45) is 5.41 Å². The Balaban J connectivity index is 1.27. The van der Waals surface area contributed by atoms with Crippen molar-refractivity contribution in [1.82, 2.24) is 30.0 Å². The summed E-state index contributed by atoms with van der Waals surface area (Å²) in [6.45, 7) is 11.8. The summed E-state index contributed by atoms with van der Waals surface area (Å²) >= 11 is 6.29. The number of esters is 1. The zero-order chi connectivity index (χ0) is 32.5. The fourth-order valence-electron chi connectivity index (χ4n) is 5.33. The van der Waals surface area contributed by atoms with Gasteiger partial charge in [0, 0.05) is 53.8 Å². The number of piperazine rings is 1. The first-order valence-corrected chi connectivity index (χ1v) is 16.0. The summed E-state index contributed by atoms with van der Waals surface area (Å²) in [6, 6.07) is 6.86. The van der Waals surface area contributed by atoms with Gasteiger partial charge in [-0.2, -0.15) is 5.10 Å². The van der Waals surface area contributed by atoms with Gasteiger partial charge in [0.1, 0.15) is 18.0 Å². The van der Waals surface area contributed by atoms with E-state index in [1.165, 1.54) is 0 Å². The molecule has 2 aliphatic rings. The molecule has 2 amide bonds. The average molecular weight is 640 g/mol. The zero-order valence-corrected chi connectivity index (χ0v) is 27.5. The number of nitrogens with zero attached hydrogens (tertiary/aromatic N) is 5. The summed E-state index contributed by atoms with van der Waals surface area (Å²) in [5, 5.41) is 11.9. The van der Waals surface area contributed by atoms with Crippen LogP contribution in [0.4, 0.5) is 16.4 Å². The fourth-order valence-corrected chi connectivity index (χ4v) is 5.50. The molecule has 2 aromatic heterocycles. The number of aromatic amines is 1. The van der Waals surface area contributed by atoms with E-state index < -0.39 is 23.7 Å². The summed E-state index contributed by atoms with van der Waals surface area (Å²) in [6.07, 6.45) is 1.66. The SMILES string of the molecule is CCC(OC(=O)N1CCN(C(=O)c2nc(Nc3cc(C4CC4)[nH]n3)c3cc(Cl)ccc3n2)C[C@H]1C)C(CC)OC(=O)C(C)(C)C. The van der Waals surface area contributed by atoms with Crippen LogP contribution >= 0.6 is 11.6 Å². The fraction of sp³-hybridized carbons (Fsp3) is 0.562. The van der Waals surface area contributed by atoms with Crippen molar-refractivity contribution in [3.05, 3.63) is 40.8 Å². The number of hydrogen-bond donors (Lipinski definition) is 2. The third-order valence-corrected chi connectivity index (χ3v) is 8.44. The highest BCUT2D eigenvalue weighted by atomic mass is 35.5. The molecule has 5 rings (SSSR count). The van der Waals surface area contributed by atoms with Crippen LogP contribution in [0.1, 0.15) is 89.5 Å². The molecule has 3 aromatic rings. The Bertz CT molecular complexity index is 1570. The van der Waals surface area contributed by atoms with Crippen LogP contribution < -0.4 is 5.32 Å². The van der Waals surface area contributed by atoms with Crippen LogP contribution in [0.15, 0.2) is 24.3 Å². The van der Waals surface area contributed by atoms with E-state index in [0.29, 0.717) is 46.3 Å². The van der Waals surface area contributed by atoms with Gasteiger partial charge in [-0.05, 0) is 71.6 Å². The minimum atomic E-state index is -0.662. The van der Waals surface area contributed by atoms with Crippen LogP contribution in [0, 0.1) is 5.41 Å². The Morgan fingerprint density at radius 3 is 2.42 bits per heavy atom. The van der Waals surface area contributed by atoms with E-state index in [1.54, 1.807) is 48.8 Å². The third kappa shape index (κ3) is 7.49. The Morgan fingerprint density at radius 2 is 1.78 bits per heavy atom. The number of amides is 2. The summed E-state index contributed by atoms with van der Waals surface area (Å²) in [7, 11) is 0. The van der Waals surface area contributed by atoms with Crippen molar-refractivity contribution in [3.8, 4) is 0 Å². The molecule has 2 unspecified atom stereocenters. The predicted octanol–water partition coefficient (Wildman–Crippen LogP) is 6.06. The number of aromatic nitrogens is 4. The van der Waals surface area contributed by atoms with E-state index in [-0.39, 0.29) is 43.4 Å². The summed E-state index contributed by atoms with van der Waals surface area (Å²) in [4.78, 5) is 51.9. The second-order valence-electron chi connectivity index (χ2n) is 12.9. The molecular formula is C32H42ClN7O5. The van der Waals surface area contributed by atoms with Gasteiger partial charge in [-0.1, -0.05) is 25.4 Å². The van der Waals surface area contributed by atoms with Gasteiger partial charge in [0.05, 0.1) is 10.9 Å². The average Bonchev–Trinajstić information content (AvgIpc) is 3.75. The number of carbonyl (C=O) groups is 3. The number of benzene rings is 1. The first kappa shape index (κ1) is 32.5. The molecule has 3 atom stereocenters. The number of ether oxygens (including phenoxy) is 2. The molecule has 242 valence electrons. The van der Waals surface area contributed by atoms with Crippen LogP contribution in [0.5, 0.6) is 0 Å². The van der Waals surface area contributed by atoms with Gasteiger partial charge < -0.3 is 24.6 Å². The molecule has 1 aliphatic heterocycles. The second kappa shape index (κ2) is 13.2. The summed E-state index contributed by atoms with van der Waals surface area (Å²) in [5.41, 5.74) is 0.971. The Hall–Kier alpha value is -3.93. The number of H-pyrrole nitrogens is 1. The predicted molar refractivity (Wildman–Crippen MR) is 171 cm³/mol. The van der Waals surface area contributed by atoms with Gasteiger partial charge in [-0.25, -0.2) is 14.8 Å². The largest absolute Gasteiger partial charge is 0.458 e. The standard InChI is InChI=1S/C32H42ClN7O5/c1-7-24(44-30(42)32(4,5)6)25(8-2)45-31(43)40-14-13-39(17-18(40)3)29(41)28-34-22-12-11-20(33)15-21(22)27(36-28)35-26-16-23(37-38-26)19-9-10-19/h11-12,15-16,18-19,24-25H,7-10,13-14,17H2,1-6H3,(H2,34,35,36,37,38)/t18-,24?,25?/m1/s1. The lowest BCUT2D eigenvalue weighted by atomic mass is 9.97. The Labute approximate surface area is 268 Å². The van der Waals surface area contributed by atoms with Gasteiger partial charge in [0.15, 0.2) is 5.82 Å². The molecule has 45 heavy (non-hydrogen) atoms. The summed E-state index contributed by atoms with van der Waals surface area (Å²) in [5.74, 6) is 0.881. The monoisotopic (exact) mass is 639 g/mol. The molecular weight excluding hydrogens is 598 g/mol. The smallest absolute Gasteiger partial charge is 0.410 e. The van der Waals surface area contributed by atoms with Crippen molar-refractivity contribution in [2.45, 2.75) is 91.4 Å². The number of nitrogens with one attached hydrogen (secondary N) is 2. The molecule has 0 radical (unpaired) electrons. The number of fused-ring (bicyclic) bond motifs is 1. The minimum Gasteiger partial charge on any atom is -0.458 e. The lowest BCUT2D eigenvalue weighted by Gasteiger charge is -2.39. The molecule has 13 heteroatoms. The first-order chi connectivity index (χ1) is 21.4. The van der Waals surface area contributed by atoms with Crippen molar-refractivity contribution in [2.75, 3.05) is 25.0 Å². The normalized spacial score (nSPS) is 18.4. The minimum absolute atomic E-state index is 0.0333. The van der Waals surface area contributed by atoms with E-state index in [4.69, 9.17) is 21.1 Å². The van der Waals surface area contributed by atoms with Gasteiger partial charge in [0.2, 0.25) is 5.82 Å². The van der Waals surface area contributed by atoms with Crippen LogP contribution in [-0.2, 0) is 14.3 Å². The maximum atomic E-state index is 13.7. The molecule has 0 bridgehead atoms. The highest BCUT2D eigenvalue weighted by molar-refractivity contribution is 6.31. The maximum absolute atomic E-state index is 13.7. The van der Waals surface area contributed by atoms with Crippen LogP contribution in [-0.4, -0.2) is 85.8 Å². The molecule has 12 nitrogen and oxygen atoms in total. The van der Waals surface area contributed by atoms with E-state index in [9.17, 15) is 14.4 Å². The van der Waals surface area contributed by atoms with Crippen molar-refractivity contribution < 1.29 is 23.9 Å². The topological polar surface area (TPSA) is 143 Å². The van der Waals surface area contributed by atoms with Crippen LogP contribution in [0.25, 0.3) is 10.9 Å². The van der Waals surface area contributed by atoms with Crippen molar-refractivity contribution in [3.63, 3.8) is 0 Å². The van der Waals surface area contributed by atoms with Crippen molar-refractivity contribution >= 4 is 52.1 Å². The third-order valence-electron chi connectivity index (χ3n) is 8.20. The van der Waals surface area contributed by atoms with E-state index in [0.717, 1.165) is 18.5 Å². The lowest BCUT2D eigenvalue weighted by Crippen LogP contribution is -2.56. The first-order valence-electron chi connectivity index (χ1n) is 15.6. The van der Waals surface area contributed by atoms with Crippen LogP contribution in [0.2, 0.25) is 5.02 Å². The highest BCUT2D eigenvalue weighted by Crippen LogP contribution is 2.40. The van der Waals surface area contributed by atoms with Gasteiger partial charge in [-0.15, -0.1) is 0 Å². The molecule has 0 spiro atoms. The number of halogens is 1. The second-order valence-corrected chi connectivity index (χ2v) is 13.3. The van der Waals surface area contributed by atoms with Gasteiger partial charge in [0.25, 0.3) is 5.91 Å². The number of carbonyl (C=O) groups excluding carboxylic acids is 3. The van der Waals surface area contributed by atoms with E-state index in [2.05, 4.69) is 25.5 Å². The van der Waals surface area contributed by atoms with E-state index >= 15 is 0 Å².